The van der Waals surface area contributed by atoms with E-state index in [0.717, 1.165) is 19.1 Å². The van der Waals surface area contributed by atoms with Gasteiger partial charge in [-0.05, 0) is 60.9 Å². The molecule has 0 radical (unpaired) electrons. The molecule has 2 aromatic rings. The molecule has 1 N–H and O–H groups in total. The Labute approximate surface area is 249 Å². The van der Waals surface area contributed by atoms with Crippen molar-refractivity contribution in [1.29, 1.82) is 0 Å². The predicted molar refractivity (Wildman–Crippen MR) is 142 cm³/mol. The van der Waals surface area contributed by atoms with E-state index in [-0.39, 0.29) is 33.3 Å². The van der Waals surface area contributed by atoms with E-state index in [1.54, 1.807) is 0 Å². The Hall–Kier alpha value is -2.78. The zero-order valence-corrected chi connectivity index (χ0v) is 24.2. The first-order valence-corrected chi connectivity index (χ1v) is 14.3. The third kappa shape index (κ3) is 10.1. The average molecular weight is 688 g/mol. The van der Waals surface area contributed by atoms with Gasteiger partial charge < -0.3 is 5.32 Å². The average Bonchev–Trinajstić information content (AvgIpc) is 2.80. The van der Waals surface area contributed by atoms with Crippen molar-refractivity contribution < 1.29 is 57.1 Å². The number of halogens is 12. The van der Waals surface area contributed by atoms with Crippen LogP contribution < -0.4 is 5.32 Å². The van der Waals surface area contributed by atoms with Gasteiger partial charge in [-0.25, -0.2) is 12.8 Å². The number of allylic oxidation sites excluding steroid dienone is 2. The lowest BCUT2D eigenvalue weighted by atomic mass is 9.93. The number of amides is 1. The summed E-state index contributed by atoms with van der Waals surface area (Å²) in [5, 5.41) is 1.37. The van der Waals surface area contributed by atoms with Crippen molar-refractivity contribution in [3.05, 3.63) is 80.8 Å². The summed E-state index contributed by atoms with van der Waals surface area (Å²) in [4.78, 5) is 12.5. The second kappa shape index (κ2) is 13.1. The number of carbonyl (C=O) groups excluding carboxylic acids is 1. The molecule has 0 heterocycles. The number of alkyl halides is 9. The molecule has 2 aromatic carbocycles. The van der Waals surface area contributed by atoms with E-state index < -0.39 is 85.8 Å². The van der Waals surface area contributed by atoms with Gasteiger partial charge in [-0.2, -0.15) is 39.5 Å². The summed E-state index contributed by atoms with van der Waals surface area (Å²) < 4.78 is 159. The monoisotopic (exact) mass is 687 g/mol. The van der Waals surface area contributed by atoms with Gasteiger partial charge in [0.05, 0.1) is 26.9 Å². The van der Waals surface area contributed by atoms with Crippen molar-refractivity contribution in [2.45, 2.75) is 44.3 Å². The molecule has 0 aliphatic rings. The molecular weight excluding hydrogens is 667 g/mol. The van der Waals surface area contributed by atoms with Crippen LogP contribution in [0.15, 0.2) is 43.0 Å². The van der Waals surface area contributed by atoms with Gasteiger partial charge in [0, 0.05) is 11.6 Å². The lowest BCUT2D eigenvalue weighted by Gasteiger charge is -2.20. The molecule has 4 nitrogen and oxygen atoms in total. The first-order chi connectivity index (χ1) is 19.3. The Balaban J connectivity index is 2.51. The third-order valence-corrected chi connectivity index (χ3v) is 8.22. The van der Waals surface area contributed by atoms with Gasteiger partial charge in [0.1, 0.15) is 17.5 Å². The summed E-state index contributed by atoms with van der Waals surface area (Å²) in [6.45, 7) is 5.92. The van der Waals surface area contributed by atoms with Crippen LogP contribution in [-0.2, 0) is 16.0 Å². The normalized spacial score (nSPS) is 14.8. The van der Waals surface area contributed by atoms with Crippen LogP contribution in [0.4, 0.5) is 43.9 Å². The summed E-state index contributed by atoms with van der Waals surface area (Å²) in [7, 11) is -4.81. The second-order valence-electron chi connectivity index (χ2n) is 9.48. The molecule has 0 fully saturated rings. The van der Waals surface area contributed by atoms with Crippen LogP contribution in [0.1, 0.15) is 52.4 Å². The van der Waals surface area contributed by atoms with Gasteiger partial charge in [0.25, 0.3) is 5.91 Å². The summed E-state index contributed by atoms with van der Waals surface area (Å²) in [5.74, 6) is -9.54. The van der Waals surface area contributed by atoms with Crippen LogP contribution >= 0.6 is 23.2 Å². The summed E-state index contributed by atoms with van der Waals surface area (Å²) >= 11 is 11.9. The maximum absolute atomic E-state index is 15.1. The minimum atomic E-state index is -5.36. The van der Waals surface area contributed by atoms with Crippen LogP contribution in [-0.4, -0.2) is 44.2 Å². The van der Waals surface area contributed by atoms with Gasteiger partial charge in [-0.15, -0.1) is 0 Å². The predicted octanol–water partition coefficient (Wildman–Crippen LogP) is 8.80. The Kier molecular flexibility index (Phi) is 11.1. The molecule has 0 spiro atoms. The molecule has 0 bridgehead atoms. The number of hydrogen-bond donors (Lipinski definition) is 1. The Morgan fingerprint density at radius 2 is 1.58 bits per heavy atom. The molecule has 2 rings (SSSR count). The van der Waals surface area contributed by atoms with Gasteiger partial charge in [-0.1, -0.05) is 35.8 Å². The fraction of sp³-hybridized carbons (Fsp3) is 0.346. The van der Waals surface area contributed by atoms with Crippen molar-refractivity contribution in [2.75, 3.05) is 11.5 Å². The molecule has 238 valence electrons. The van der Waals surface area contributed by atoms with E-state index >= 15 is 4.39 Å². The smallest absolute Gasteiger partial charge is 0.349 e. The lowest BCUT2D eigenvalue weighted by Crippen LogP contribution is -2.40. The Bertz CT molecular complexity index is 1530. The van der Waals surface area contributed by atoms with Crippen LogP contribution in [0.3, 0.4) is 0 Å². The van der Waals surface area contributed by atoms with E-state index in [4.69, 9.17) is 23.2 Å². The zero-order chi connectivity index (χ0) is 33.3. The number of hydrogen-bond acceptors (Lipinski definition) is 3. The van der Waals surface area contributed by atoms with Crippen molar-refractivity contribution in [3.8, 4) is 0 Å². The molecule has 0 saturated heterocycles. The summed E-state index contributed by atoms with van der Waals surface area (Å²) in [5.41, 5.74) is -4.36. The molecule has 0 saturated carbocycles. The van der Waals surface area contributed by atoms with Crippen molar-refractivity contribution in [1.82, 2.24) is 5.32 Å². The van der Waals surface area contributed by atoms with E-state index in [2.05, 4.69) is 6.58 Å². The second-order valence-corrected chi connectivity index (χ2v) is 12.4. The lowest BCUT2D eigenvalue weighted by molar-refractivity contribution is -0.140. The van der Waals surface area contributed by atoms with Gasteiger partial charge in [0.2, 0.25) is 0 Å². The number of sulfone groups is 1. The number of carbonyl (C=O) groups is 1. The third-order valence-electron chi connectivity index (χ3n) is 5.65. The van der Waals surface area contributed by atoms with Gasteiger partial charge in [-0.3, -0.25) is 4.79 Å². The highest BCUT2D eigenvalue weighted by molar-refractivity contribution is 7.91. The number of benzene rings is 2. The fourth-order valence-corrected chi connectivity index (χ4v) is 5.84. The van der Waals surface area contributed by atoms with E-state index in [1.807, 2.05) is 5.32 Å². The largest absolute Gasteiger partial charge is 0.417 e. The van der Waals surface area contributed by atoms with Crippen LogP contribution in [0.25, 0.3) is 11.4 Å². The van der Waals surface area contributed by atoms with Crippen molar-refractivity contribution in [3.63, 3.8) is 0 Å². The summed E-state index contributed by atoms with van der Waals surface area (Å²) in [6, 6.07) is 1.24. The fourth-order valence-electron chi connectivity index (χ4n) is 3.88. The highest BCUT2D eigenvalue weighted by Crippen LogP contribution is 2.43. The summed E-state index contributed by atoms with van der Waals surface area (Å²) in [6.07, 6.45) is -15.6. The standard InChI is InChI=1S/C26H21Cl2F10NO3S/c1-12(2)17-6-15(8-20(27)22(17)28)18(25(33,34)35)9-21(29)14-4-5-16(19(7-14)26(36,37)38)23(40)39-13(3)10-43(41,42)11-24(30,31)32/h4-9,13,18H,1,10-11H2,2-3H3,(H,39,40)/b21-9-/t13-,18?/m1/s1. The number of nitrogens with one attached hydrogen (secondary N) is 1. The Morgan fingerprint density at radius 1 is 1.00 bits per heavy atom. The maximum Gasteiger partial charge on any atom is 0.417 e. The van der Waals surface area contributed by atoms with Crippen LogP contribution in [0, 0.1) is 0 Å². The highest BCUT2D eigenvalue weighted by atomic mass is 35.5. The van der Waals surface area contributed by atoms with Crippen molar-refractivity contribution >= 4 is 50.3 Å². The number of rotatable bonds is 9. The zero-order valence-electron chi connectivity index (χ0n) is 21.9. The van der Waals surface area contributed by atoms with Crippen LogP contribution in [0.2, 0.25) is 10.0 Å². The molecule has 1 unspecified atom stereocenters. The highest BCUT2D eigenvalue weighted by Gasteiger charge is 2.41. The molecule has 17 heteroatoms. The molecule has 0 aliphatic heterocycles. The first-order valence-electron chi connectivity index (χ1n) is 11.7. The topological polar surface area (TPSA) is 63.2 Å². The van der Waals surface area contributed by atoms with Gasteiger partial charge in [0.15, 0.2) is 9.84 Å². The molecule has 0 aliphatic carbocycles. The minimum absolute atomic E-state index is 0.00455. The molecular formula is C26H21Cl2F10NO3S. The van der Waals surface area contributed by atoms with E-state index in [9.17, 15) is 52.7 Å². The van der Waals surface area contributed by atoms with Crippen LogP contribution in [0.5, 0.6) is 0 Å². The molecule has 43 heavy (non-hydrogen) atoms. The molecule has 1 amide bonds. The van der Waals surface area contributed by atoms with E-state index in [1.165, 1.54) is 6.92 Å². The van der Waals surface area contributed by atoms with E-state index in [0.29, 0.717) is 12.1 Å². The minimum Gasteiger partial charge on any atom is -0.349 e. The van der Waals surface area contributed by atoms with Crippen molar-refractivity contribution in [2.24, 2.45) is 0 Å². The maximum atomic E-state index is 15.1. The Morgan fingerprint density at radius 3 is 2.07 bits per heavy atom. The van der Waals surface area contributed by atoms with Gasteiger partial charge >= 0.3 is 18.5 Å². The molecule has 0 aromatic heterocycles. The first kappa shape index (κ1) is 36.4. The SMILES string of the molecule is C=C(C)c1cc(C(/C=C(\F)c2ccc(C(=O)N[C@H](C)CS(=O)(=O)CC(F)(F)F)c(C(F)(F)F)c2)C(F)(F)F)cc(Cl)c1Cl. The molecule has 2 atom stereocenters. The quantitative estimate of drug-likeness (QED) is 0.268.